The van der Waals surface area contributed by atoms with Gasteiger partial charge >= 0.3 is 0 Å². The van der Waals surface area contributed by atoms with Gasteiger partial charge in [0.2, 0.25) is 9.03 Å². The van der Waals surface area contributed by atoms with Crippen LogP contribution in [0.4, 0.5) is 0 Å². The maximum absolute atomic E-state index is 5.63. The molecule has 1 aromatic rings. The Morgan fingerprint density at radius 3 is 2.56 bits per heavy atom. The van der Waals surface area contributed by atoms with Gasteiger partial charge in [0.15, 0.2) is 0 Å². The highest BCUT2D eigenvalue weighted by atomic mass is 35.5. The van der Waals surface area contributed by atoms with E-state index in [0.29, 0.717) is 0 Å². The molecule has 0 saturated heterocycles. The third kappa shape index (κ3) is 5.69. The number of aryl methyl sites for hydroxylation is 1. The molecular formula is C12H20ClO2P. The molecule has 1 rings (SSSR count). The van der Waals surface area contributed by atoms with E-state index >= 15 is 0 Å². The van der Waals surface area contributed by atoms with E-state index in [4.69, 9.17) is 9.05 Å². The Kier molecular flexibility index (Phi) is 6.98. The molecule has 0 aliphatic rings. The zero-order chi connectivity index (χ0) is 11.3. The van der Waals surface area contributed by atoms with Crippen LogP contribution >= 0.6 is 21.4 Å². The summed E-state index contributed by atoms with van der Waals surface area (Å²) < 4.78 is 11.2. The second-order valence-corrected chi connectivity index (χ2v) is 4.79. The van der Waals surface area contributed by atoms with Crippen molar-refractivity contribution in [1.29, 1.82) is 0 Å². The van der Waals surface area contributed by atoms with Gasteiger partial charge in [-0.3, -0.25) is 0 Å². The first-order chi connectivity index (χ1) is 7.03. The van der Waals surface area contributed by atoms with E-state index < -0.39 is 0 Å². The molecule has 0 amide bonds. The molecule has 0 spiro atoms. The minimum atomic E-state index is -0.0950. The predicted octanol–water partition coefficient (Wildman–Crippen LogP) is 4.51. The smallest absolute Gasteiger partial charge is 0.215 e. The highest BCUT2D eigenvalue weighted by Gasteiger charge is 2.15. The molecule has 0 heterocycles. The van der Waals surface area contributed by atoms with Crippen LogP contribution in [0.5, 0.6) is 5.75 Å². The van der Waals surface area contributed by atoms with Crippen molar-refractivity contribution in [2.45, 2.75) is 39.7 Å². The normalized spacial score (nSPS) is 11.5. The lowest BCUT2D eigenvalue weighted by molar-refractivity contribution is 0.117. The van der Waals surface area contributed by atoms with Gasteiger partial charge in [0, 0.05) is 0 Å². The van der Waals surface area contributed by atoms with Crippen LogP contribution in [0.15, 0.2) is 24.3 Å². The van der Waals surface area contributed by atoms with Crippen molar-refractivity contribution in [2.75, 3.05) is 0 Å². The van der Waals surface area contributed by atoms with Gasteiger partial charge < -0.3 is 9.05 Å². The van der Waals surface area contributed by atoms with Gasteiger partial charge in [-0.05, 0) is 44.9 Å². The fourth-order valence-corrected chi connectivity index (χ4v) is 1.57. The Labute approximate surface area is 106 Å². The monoisotopic (exact) mass is 262 g/mol. The zero-order valence-corrected chi connectivity index (χ0v) is 12.1. The Morgan fingerprint density at radius 1 is 1.31 bits per heavy atom. The topological polar surface area (TPSA) is 18.5 Å². The van der Waals surface area contributed by atoms with Crippen molar-refractivity contribution in [1.82, 2.24) is 0 Å². The van der Waals surface area contributed by atoms with Gasteiger partial charge in [0.25, 0.3) is 0 Å². The average Bonchev–Trinajstić information content (AvgIpc) is 2.18. The molecule has 1 atom stereocenters. The van der Waals surface area contributed by atoms with E-state index in [1.54, 1.807) is 0 Å². The van der Waals surface area contributed by atoms with Gasteiger partial charge in [-0.1, -0.05) is 19.1 Å². The lowest BCUT2D eigenvalue weighted by Crippen LogP contribution is -2.18. The lowest BCUT2D eigenvalue weighted by atomic mass is 10.1. The molecule has 0 radical (unpaired) electrons. The van der Waals surface area contributed by atoms with Gasteiger partial charge in [-0.25, -0.2) is 0 Å². The second kappa shape index (κ2) is 7.11. The molecule has 0 aliphatic carbocycles. The number of hydrogen-bond donors (Lipinski definition) is 0. The zero-order valence-electron chi connectivity index (χ0n) is 10.2. The van der Waals surface area contributed by atoms with Gasteiger partial charge in [0.05, 0.1) is 5.60 Å². The maximum atomic E-state index is 5.63. The summed E-state index contributed by atoms with van der Waals surface area (Å²) in [5.74, 6) is 0.875. The second-order valence-electron chi connectivity index (χ2n) is 4.22. The summed E-state index contributed by atoms with van der Waals surface area (Å²) in [5, 5.41) is 0. The Balaban J connectivity index is 0.00000225. The van der Waals surface area contributed by atoms with E-state index in [1.165, 1.54) is 5.56 Å². The molecule has 0 bridgehead atoms. The molecule has 0 fully saturated rings. The molecule has 16 heavy (non-hydrogen) atoms. The summed E-state index contributed by atoms with van der Waals surface area (Å²) in [6, 6.07) is 7.99. The third-order valence-corrected chi connectivity index (χ3v) is 3.27. The SMILES string of the molecule is CCC(C)(C)OPOc1cccc(C)c1.Cl. The summed E-state index contributed by atoms with van der Waals surface area (Å²) in [6.07, 6.45) is 0.983. The summed E-state index contributed by atoms with van der Waals surface area (Å²) >= 11 is 0. The highest BCUT2D eigenvalue weighted by Crippen LogP contribution is 2.28. The summed E-state index contributed by atoms with van der Waals surface area (Å²) in [4.78, 5) is 0. The molecule has 92 valence electrons. The highest BCUT2D eigenvalue weighted by molar-refractivity contribution is 7.26. The Bertz CT molecular complexity index is 316. The molecule has 1 aromatic carbocycles. The van der Waals surface area contributed by atoms with Crippen LogP contribution in [0.25, 0.3) is 0 Å². The van der Waals surface area contributed by atoms with Crippen LogP contribution in [-0.2, 0) is 4.52 Å². The molecule has 0 aliphatic heterocycles. The summed E-state index contributed by atoms with van der Waals surface area (Å²) in [6.45, 7) is 8.29. The van der Waals surface area contributed by atoms with Crippen LogP contribution in [0.2, 0.25) is 0 Å². The third-order valence-electron chi connectivity index (χ3n) is 2.32. The van der Waals surface area contributed by atoms with Crippen molar-refractivity contribution in [3.8, 4) is 5.75 Å². The minimum Gasteiger partial charge on any atom is -0.450 e. The van der Waals surface area contributed by atoms with Crippen molar-refractivity contribution >= 4 is 21.4 Å². The van der Waals surface area contributed by atoms with Crippen molar-refractivity contribution in [3.63, 3.8) is 0 Å². The quantitative estimate of drug-likeness (QED) is 0.727. The predicted molar refractivity (Wildman–Crippen MR) is 72.8 cm³/mol. The molecule has 4 heteroatoms. The molecule has 0 N–H and O–H groups in total. The molecule has 0 saturated carbocycles. The number of hydrogen-bond acceptors (Lipinski definition) is 2. The minimum absolute atomic E-state index is 0. The van der Waals surface area contributed by atoms with Crippen molar-refractivity contribution in [3.05, 3.63) is 29.8 Å². The van der Waals surface area contributed by atoms with Gasteiger partial charge in [-0.15, -0.1) is 12.4 Å². The van der Waals surface area contributed by atoms with E-state index in [0.717, 1.165) is 12.2 Å². The van der Waals surface area contributed by atoms with Crippen LogP contribution in [0, 0.1) is 6.92 Å². The number of halogens is 1. The molecule has 0 aromatic heterocycles. The molecule has 2 nitrogen and oxygen atoms in total. The van der Waals surface area contributed by atoms with Gasteiger partial charge in [-0.2, -0.15) is 0 Å². The number of rotatable bonds is 5. The van der Waals surface area contributed by atoms with E-state index in [2.05, 4.69) is 20.8 Å². The average molecular weight is 263 g/mol. The maximum Gasteiger partial charge on any atom is 0.215 e. The Morgan fingerprint density at radius 2 is 2.00 bits per heavy atom. The van der Waals surface area contributed by atoms with Crippen LogP contribution in [0.1, 0.15) is 32.8 Å². The van der Waals surface area contributed by atoms with Crippen LogP contribution in [-0.4, -0.2) is 5.60 Å². The Hall–Kier alpha value is -0.300. The van der Waals surface area contributed by atoms with Crippen molar-refractivity contribution in [2.24, 2.45) is 0 Å². The van der Waals surface area contributed by atoms with E-state index in [-0.39, 0.29) is 27.0 Å². The van der Waals surface area contributed by atoms with Gasteiger partial charge in [0.1, 0.15) is 5.75 Å². The molecular weight excluding hydrogens is 243 g/mol. The fourth-order valence-electron chi connectivity index (χ4n) is 0.933. The summed E-state index contributed by atoms with van der Waals surface area (Å²) in [5.41, 5.74) is 1.11. The van der Waals surface area contributed by atoms with Crippen LogP contribution in [0.3, 0.4) is 0 Å². The summed E-state index contributed by atoms with van der Waals surface area (Å²) in [7, 11) is 0.0642. The van der Waals surface area contributed by atoms with Crippen LogP contribution < -0.4 is 4.52 Å². The van der Waals surface area contributed by atoms with E-state index in [1.807, 2.05) is 31.2 Å². The molecule has 1 unspecified atom stereocenters. The van der Waals surface area contributed by atoms with E-state index in [9.17, 15) is 0 Å². The largest absolute Gasteiger partial charge is 0.450 e. The lowest BCUT2D eigenvalue weighted by Gasteiger charge is -2.22. The first kappa shape index (κ1) is 15.7. The fraction of sp³-hybridized carbons (Fsp3) is 0.500. The van der Waals surface area contributed by atoms with Crippen molar-refractivity contribution < 1.29 is 9.05 Å². The number of benzene rings is 1. The first-order valence-corrected chi connectivity index (χ1v) is 6.02. The first-order valence-electron chi connectivity index (χ1n) is 5.20. The standard InChI is InChI=1S/C12H19O2P.ClH/c1-5-12(3,4)14-15-13-11-8-6-7-10(2)9-11;/h6-9,15H,5H2,1-4H3;1H.